The van der Waals surface area contributed by atoms with Crippen molar-refractivity contribution in [2.75, 3.05) is 32.8 Å². The molecule has 2 aliphatic heterocycles. The molecule has 2 N–H and O–H groups in total. The minimum Gasteiger partial charge on any atom is -0.474 e. The Labute approximate surface area is 424 Å². The van der Waals surface area contributed by atoms with E-state index in [1.165, 1.54) is 11.1 Å². The van der Waals surface area contributed by atoms with Crippen LogP contribution in [0.25, 0.3) is 43.4 Å². The van der Waals surface area contributed by atoms with Crippen molar-refractivity contribution < 1.29 is 46.6 Å². The van der Waals surface area contributed by atoms with E-state index in [1.807, 2.05) is 87.3 Å². The van der Waals surface area contributed by atoms with Gasteiger partial charge in [-0.3, -0.25) is 19.5 Å². The molecule has 7 heterocycles. The summed E-state index contributed by atoms with van der Waals surface area (Å²) in [6.07, 6.45) is 1.56. The minimum atomic E-state index is -4.66. The van der Waals surface area contributed by atoms with Crippen molar-refractivity contribution in [2.45, 2.75) is 108 Å². The molecule has 4 atom stereocenters. The van der Waals surface area contributed by atoms with Crippen LogP contribution in [0.2, 0.25) is 0 Å². The van der Waals surface area contributed by atoms with Crippen LogP contribution in [0, 0.1) is 12.8 Å². The van der Waals surface area contributed by atoms with E-state index in [-0.39, 0.29) is 54.8 Å². The van der Waals surface area contributed by atoms with Gasteiger partial charge in [0.1, 0.15) is 30.2 Å². The van der Waals surface area contributed by atoms with Gasteiger partial charge in [0.05, 0.1) is 46.0 Å². The summed E-state index contributed by atoms with van der Waals surface area (Å²) in [5.74, 6) is -1.49. The number of rotatable bonds is 16. The van der Waals surface area contributed by atoms with Crippen molar-refractivity contribution in [3.05, 3.63) is 107 Å². The van der Waals surface area contributed by atoms with E-state index >= 15 is 0 Å². The lowest BCUT2D eigenvalue weighted by molar-refractivity contribution is -0.142. The second kappa shape index (κ2) is 20.8. The Balaban J connectivity index is 0.666. The molecule has 0 bridgehead atoms. The summed E-state index contributed by atoms with van der Waals surface area (Å²) in [6.45, 7) is 10.2. The van der Waals surface area contributed by atoms with Crippen molar-refractivity contribution in [1.82, 2.24) is 39.8 Å². The number of pyridine rings is 2. The molecule has 10 rings (SSSR count). The van der Waals surface area contributed by atoms with E-state index in [1.54, 1.807) is 35.9 Å². The number of carbonyl (C=O) groups is 2. The quantitative estimate of drug-likeness (QED) is 0.0942. The van der Waals surface area contributed by atoms with Gasteiger partial charge in [0.15, 0.2) is 5.76 Å². The van der Waals surface area contributed by atoms with E-state index < -0.39 is 41.8 Å². The number of thiazole rings is 1. The van der Waals surface area contributed by atoms with Gasteiger partial charge in [0.2, 0.25) is 17.7 Å². The molecule has 73 heavy (non-hydrogen) atoms. The fourth-order valence-corrected chi connectivity index (χ4v) is 11.3. The van der Waals surface area contributed by atoms with Gasteiger partial charge in [-0.25, -0.2) is 9.97 Å². The topological polar surface area (TPSA) is 170 Å². The van der Waals surface area contributed by atoms with Gasteiger partial charge in [-0.05, 0) is 72.7 Å². The highest BCUT2D eigenvalue weighted by Crippen LogP contribution is 2.41. The normalized spacial score (nSPS) is 20.7. The zero-order valence-corrected chi connectivity index (χ0v) is 42.2. The van der Waals surface area contributed by atoms with Crippen LogP contribution >= 0.6 is 11.3 Å². The molecular formula is C54H59F3N8O7S. The van der Waals surface area contributed by atoms with Gasteiger partial charge in [0.25, 0.3) is 5.88 Å². The molecule has 19 heteroatoms. The first-order valence-electron chi connectivity index (χ1n) is 24.9. The number of halogens is 3. The maximum absolute atomic E-state index is 14.4. The lowest BCUT2D eigenvalue weighted by atomic mass is 9.91. The van der Waals surface area contributed by atoms with Crippen molar-refractivity contribution in [3.8, 4) is 33.3 Å². The van der Waals surface area contributed by atoms with Crippen molar-refractivity contribution in [2.24, 2.45) is 13.0 Å². The number of aromatic nitrogens is 5. The summed E-state index contributed by atoms with van der Waals surface area (Å²) in [4.78, 5) is 45.5. The van der Waals surface area contributed by atoms with Crippen LogP contribution < -0.4 is 14.8 Å². The molecular weight excluding hydrogens is 962 g/mol. The van der Waals surface area contributed by atoms with Crippen molar-refractivity contribution in [1.29, 1.82) is 0 Å². The lowest BCUT2D eigenvalue weighted by Gasteiger charge is -2.39. The van der Waals surface area contributed by atoms with E-state index in [0.29, 0.717) is 42.9 Å². The monoisotopic (exact) mass is 1020 g/mol. The van der Waals surface area contributed by atoms with Gasteiger partial charge in [-0.1, -0.05) is 50.2 Å². The summed E-state index contributed by atoms with van der Waals surface area (Å²) in [6, 6.07) is 17.0. The highest BCUT2D eigenvalue weighted by atomic mass is 32.1. The van der Waals surface area contributed by atoms with Crippen LogP contribution in [0.5, 0.6) is 11.8 Å². The van der Waals surface area contributed by atoms with Crippen LogP contribution in [0.4, 0.5) is 13.2 Å². The first-order valence-corrected chi connectivity index (χ1v) is 25.8. The van der Waals surface area contributed by atoms with Gasteiger partial charge >= 0.3 is 6.18 Å². The third-order valence-electron chi connectivity index (χ3n) is 14.6. The number of benzene rings is 2. The number of aryl methyl sites for hydroxylation is 2. The number of hydrogen-bond acceptors (Lipinski definition) is 13. The van der Waals surface area contributed by atoms with Crippen LogP contribution in [0.3, 0.4) is 0 Å². The predicted molar refractivity (Wildman–Crippen MR) is 269 cm³/mol. The maximum Gasteiger partial charge on any atom is 0.421 e. The van der Waals surface area contributed by atoms with Gasteiger partial charge in [0, 0.05) is 99.0 Å². The summed E-state index contributed by atoms with van der Waals surface area (Å²) >= 11 is 1.58. The average molecular weight is 1020 g/mol. The fourth-order valence-electron chi connectivity index (χ4n) is 10.4. The Bertz CT molecular complexity index is 3090. The Morgan fingerprint density at radius 2 is 1.67 bits per heavy atom. The minimum absolute atomic E-state index is 0.0210. The number of carbonyl (C=O) groups excluding carboxylic acids is 2. The number of nitrogens with zero attached hydrogens (tertiary/aromatic N) is 7. The number of aliphatic hydroxyl groups is 1. The highest BCUT2D eigenvalue weighted by Gasteiger charge is 2.44. The summed E-state index contributed by atoms with van der Waals surface area (Å²) in [7, 11) is 1.92. The molecule has 2 saturated heterocycles. The Morgan fingerprint density at radius 3 is 2.40 bits per heavy atom. The van der Waals surface area contributed by atoms with Gasteiger partial charge in [-0.2, -0.15) is 13.2 Å². The SMILES string of the molecule is Cc1ncsc1-c1ccc([C@H](C)NC(=O)[C@@H]2C[C@@H](O)CN2C(=O)[C@@H](c2cc(OCCN3CCC(OC4CC(Oc5ncc(-c6ccc7c8cnccc8n(C)c7c6)cc5C(F)(F)F)C4)CC3)no2)C(C)C)cc1. The Morgan fingerprint density at radius 1 is 0.904 bits per heavy atom. The number of likely N-dealkylation sites (tertiary alicyclic amines) is 2. The van der Waals surface area contributed by atoms with E-state index in [0.717, 1.165) is 75.5 Å². The highest BCUT2D eigenvalue weighted by molar-refractivity contribution is 7.13. The maximum atomic E-state index is 14.4. The largest absolute Gasteiger partial charge is 0.474 e. The van der Waals surface area contributed by atoms with Crippen LogP contribution in [-0.4, -0.2) is 115 Å². The molecule has 3 aliphatic rings. The first kappa shape index (κ1) is 50.1. The van der Waals surface area contributed by atoms with Crippen molar-refractivity contribution >= 4 is 45.0 Å². The Hall–Kier alpha value is -6.41. The number of ether oxygens (including phenoxy) is 3. The van der Waals surface area contributed by atoms with E-state index in [9.17, 15) is 27.9 Å². The molecule has 0 radical (unpaired) electrons. The van der Waals surface area contributed by atoms with Crippen LogP contribution in [0.15, 0.2) is 89.3 Å². The average Bonchev–Trinajstić information content (AvgIpc) is 4.17. The molecule has 3 fully saturated rings. The third kappa shape index (κ3) is 10.7. The first-order chi connectivity index (χ1) is 35.1. The standard InChI is InChI=1S/C54H59F3N8O7S/c1-30(2)49(53(68)65-28-37(66)22-46(65)51(67)61-31(3)33-6-8-34(9-7-33)50-32(4)60-29-73-50)47-25-48(62-72-47)69-19-18-64-16-13-38(14-17-64)70-39-23-40(24-39)71-52-43(54(55,56)57)20-36(26-59-52)35-10-11-41-42-27-58-15-12-44(42)63(5)45(41)21-35/h6-12,15,20-21,25-27,29-31,37-40,46,49,66H,13-14,16-19,22-24,28H2,1-5H3,(H,61,67)/t31-,37+,39?,40?,46-,49+/m0/s1. The molecule has 1 saturated carbocycles. The number of hydrogen-bond donors (Lipinski definition) is 2. The molecule has 2 aromatic carbocycles. The second-order valence-electron chi connectivity index (χ2n) is 19.9. The lowest BCUT2D eigenvalue weighted by Crippen LogP contribution is -2.48. The summed E-state index contributed by atoms with van der Waals surface area (Å²) in [5, 5.41) is 19.8. The van der Waals surface area contributed by atoms with Gasteiger partial charge in [-0.15, -0.1) is 11.3 Å². The van der Waals surface area contributed by atoms with E-state index in [2.05, 4.69) is 30.3 Å². The number of nitrogens with one attached hydrogen (secondary N) is 1. The molecule has 0 unspecified atom stereocenters. The van der Waals surface area contributed by atoms with E-state index in [4.69, 9.17) is 18.7 Å². The molecule has 7 aromatic rings. The number of alkyl halides is 3. The third-order valence-corrected chi connectivity index (χ3v) is 15.6. The van der Waals surface area contributed by atoms with Crippen LogP contribution in [0.1, 0.15) is 87.4 Å². The number of fused-ring (bicyclic) bond motifs is 3. The smallest absolute Gasteiger partial charge is 0.421 e. The van der Waals surface area contributed by atoms with Crippen molar-refractivity contribution in [3.63, 3.8) is 0 Å². The molecule has 5 aromatic heterocycles. The molecule has 0 spiro atoms. The summed E-state index contributed by atoms with van der Waals surface area (Å²) in [5.41, 5.74) is 6.67. The summed E-state index contributed by atoms with van der Waals surface area (Å²) < 4.78 is 69.2. The number of aliphatic hydroxyl groups excluding tert-OH is 1. The molecule has 1 aliphatic carbocycles. The molecule has 15 nitrogen and oxygen atoms in total. The number of β-amino-alcohol motifs (C(OH)–C–C–N with tert-alkyl or cyclic N) is 1. The number of piperidine rings is 1. The Kier molecular flexibility index (Phi) is 14.3. The predicted octanol–water partition coefficient (Wildman–Crippen LogP) is 9.28. The fraction of sp³-hybridized carbons (Fsp3) is 0.444. The molecule has 2 amide bonds. The van der Waals surface area contributed by atoms with Gasteiger partial charge < -0.3 is 38.6 Å². The van der Waals surface area contributed by atoms with Crippen LogP contribution in [-0.2, 0) is 27.5 Å². The second-order valence-corrected chi connectivity index (χ2v) is 20.8. The zero-order valence-electron chi connectivity index (χ0n) is 41.3. The molecule has 384 valence electrons. The zero-order chi connectivity index (χ0) is 51.1. The number of amides is 2.